The van der Waals surface area contributed by atoms with Gasteiger partial charge in [0.1, 0.15) is 0 Å². The molecule has 3 atom stereocenters. The summed E-state index contributed by atoms with van der Waals surface area (Å²) in [6, 6.07) is 0.777. The van der Waals surface area contributed by atoms with Crippen molar-refractivity contribution >= 4 is 23.5 Å². The molecule has 1 fully saturated rings. The molecule has 3 unspecified atom stereocenters. The number of hydrogen-bond acceptors (Lipinski definition) is 3. The molecule has 1 N–H and O–H groups in total. The molecule has 0 aromatic carbocycles. The summed E-state index contributed by atoms with van der Waals surface area (Å²) >= 11 is 4.07. The molecule has 1 heterocycles. The summed E-state index contributed by atoms with van der Waals surface area (Å²) < 4.78 is 0. The van der Waals surface area contributed by atoms with Crippen LogP contribution in [-0.4, -0.2) is 35.1 Å². The van der Waals surface area contributed by atoms with Crippen molar-refractivity contribution in [3.05, 3.63) is 0 Å². The van der Waals surface area contributed by atoms with E-state index in [4.69, 9.17) is 0 Å². The average molecular weight is 219 g/mol. The lowest BCUT2D eigenvalue weighted by molar-refractivity contribution is 0.505. The zero-order valence-corrected chi connectivity index (χ0v) is 10.5. The number of rotatable bonds is 5. The Morgan fingerprint density at radius 2 is 2.38 bits per heavy atom. The van der Waals surface area contributed by atoms with Gasteiger partial charge in [-0.1, -0.05) is 13.8 Å². The summed E-state index contributed by atoms with van der Waals surface area (Å²) in [5.41, 5.74) is 0. The highest BCUT2D eigenvalue weighted by atomic mass is 32.2. The van der Waals surface area contributed by atoms with Crippen molar-refractivity contribution in [3.8, 4) is 0 Å². The van der Waals surface area contributed by atoms with Crippen molar-refractivity contribution in [2.75, 3.05) is 18.6 Å². The Bertz CT molecular complexity index is 141. The van der Waals surface area contributed by atoms with Crippen molar-refractivity contribution in [2.24, 2.45) is 0 Å². The molecule has 1 aliphatic rings. The van der Waals surface area contributed by atoms with Crippen molar-refractivity contribution < 1.29 is 0 Å². The summed E-state index contributed by atoms with van der Waals surface area (Å²) in [6.45, 7) is 5.84. The quantitative estimate of drug-likeness (QED) is 0.763. The van der Waals surface area contributed by atoms with Gasteiger partial charge in [0.15, 0.2) is 0 Å². The first kappa shape index (κ1) is 11.7. The lowest BCUT2D eigenvalue weighted by Gasteiger charge is -2.17. The van der Waals surface area contributed by atoms with Gasteiger partial charge >= 0.3 is 0 Å². The molecule has 3 heteroatoms. The summed E-state index contributed by atoms with van der Waals surface area (Å²) in [6.07, 6.45) is 4.85. The standard InChI is InChI=1S/C10H21NS2/c1-8(12-3)4-6-11-10-5-7-13-9(10)2/h8-11H,4-7H2,1-3H3. The Morgan fingerprint density at radius 3 is 2.92 bits per heavy atom. The Balaban J connectivity index is 2.05. The number of hydrogen-bond donors (Lipinski definition) is 1. The molecule has 1 saturated heterocycles. The molecule has 78 valence electrons. The van der Waals surface area contributed by atoms with E-state index in [0.29, 0.717) is 0 Å². The molecule has 0 saturated carbocycles. The molecule has 1 nitrogen and oxygen atoms in total. The van der Waals surface area contributed by atoms with E-state index in [1.54, 1.807) is 0 Å². The van der Waals surface area contributed by atoms with Crippen LogP contribution in [0.3, 0.4) is 0 Å². The van der Waals surface area contributed by atoms with Crippen molar-refractivity contribution in [1.82, 2.24) is 5.32 Å². The fourth-order valence-corrected chi connectivity index (χ4v) is 3.17. The molecule has 0 spiro atoms. The SMILES string of the molecule is CSC(C)CCNC1CCSC1C. The minimum absolute atomic E-state index is 0.777. The van der Waals surface area contributed by atoms with Gasteiger partial charge < -0.3 is 5.32 Å². The van der Waals surface area contributed by atoms with E-state index in [0.717, 1.165) is 16.5 Å². The first-order valence-electron chi connectivity index (χ1n) is 5.12. The highest BCUT2D eigenvalue weighted by Crippen LogP contribution is 2.26. The number of nitrogens with one attached hydrogen (secondary N) is 1. The van der Waals surface area contributed by atoms with Gasteiger partial charge in [0, 0.05) is 16.5 Å². The van der Waals surface area contributed by atoms with Crippen LogP contribution < -0.4 is 5.32 Å². The Labute approximate surface area is 90.8 Å². The Hall–Kier alpha value is 0.660. The molecule has 0 aromatic rings. The molecular weight excluding hydrogens is 198 g/mol. The third-order valence-electron chi connectivity index (χ3n) is 2.74. The van der Waals surface area contributed by atoms with Gasteiger partial charge in [-0.05, 0) is 31.4 Å². The monoisotopic (exact) mass is 219 g/mol. The van der Waals surface area contributed by atoms with E-state index >= 15 is 0 Å². The first-order chi connectivity index (χ1) is 6.24. The van der Waals surface area contributed by atoms with Crippen LogP contribution in [0.25, 0.3) is 0 Å². The van der Waals surface area contributed by atoms with Gasteiger partial charge in [-0.2, -0.15) is 23.5 Å². The highest BCUT2D eigenvalue weighted by Gasteiger charge is 2.22. The molecule has 1 aliphatic heterocycles. The lowest BCUT2D eigenvalue weighted by Crippen LogP contribution is -2.34. The summed E-state index contributed by atoms with van der Waals surface area (Å²) in [4.78, 5) is 0. The van der Waals surface area contributed by atoms with Gasteiger partial charge in [0.05, 0.1) is 0 Å². The van der Waals surface area contributed by atoms with E-state index < -0.39 is 0 Å². The lowest BCUT2D eigenvalue weighted by atomic mass is 10.1. The van der Waals surface area contributed by atoms with Gasteiger partial charge in [-0.25, -0.2) is 0 Å². The Morgan fingerprint density at radius 1 is 1.62 bits per heavy atom. The van der Waals surface area contributed by atoms with Crippen molar-refractivity contribution in [1.29, 1.82) is 0 Å². The zero-order chi connectivity index (χ0) is 9.68. The molecule has 1 rings (SSSR count). The van der Waals surface area contributed by atoms with Crippen LogP contribution in [0.5, 0.6) is 0 Å². The normalized spacial score (nSPS) is 30.7. The first-order valence-corrected chi connectivity index (χ1v) is 7.45. The smallest absolute Gasteiger partial charge is 0.0191 e. The molecule has 0 radical (unpaired) electrons. The molecule has 0 aromatic heterocycles. The average Bonchev–Trinajstić information content (AvgIpc) is 2.52. The van der Waals surface area contributed by atoms with E-state index in [-0.39, 0.29) is 0 Å². The third kappa shape index (κ3) is 4.13. The van der Waals surface area contributed by atoms with Crippen molar-refractivity contribution in [3.63, 3.8) is 0 Å². The van der Waals surface area contributed by atoms with E-state index in [2.05, 4.69) is 37.2 Å². The fourth-order valence-electron chi connectivity index (χ4n) is 1.59. The van der Waals surface area contributed by atoms with E-state index in [1.165, 1.54) is 25.1 Å². The summed E-state index contributed by atoms with van der Waals surface area (Å²) in [5, 5.41) is 5.29. The van der Waals surface area contributed by atoms with E-state index in [1.807, 2.05) is 11.8 Å². The Kier molecular flexibility index (Phi) is 5.60. The maximum Gasteiger partial charge on any atom is 0.0191 e. The topological polar surface area (TPSA) is 12.0 Å². The molecule has 0 bridgehead atoms. The second kappa shape index (κ2) is 6.20. The maximum atomic E-state index is 3.66. The predicted molar refractivity (Wildman–Crippen MR) is 65.9 cm³/mol. The number of thioether (sulfide) groups is 2. The van der Waals surface area contributed by atoms with Crippen LogP contribution in [-0.2, 0) is 0 Å². The maximum absolute atomic E-state index is 3.66. The summed E-state index contributed by atoms with van der Waals surface area (Å²) in [7, 11) is 0. The minimum atomic E-state index is 0.777. The molecule has 13 heavy (non-hydrogen) atoms. The van der Waals surface area contributed by atoms with Crippen LogP contribution in [0.15, 0.2) is 0 Å². The van der Waals surface area contributed by atoms with E-state index in [9.17, 15) is 0 Å². The van der Waals surface area contributed by atoms with Crippen LogP contribution in [0.4, 0.5) is 0 Å². The minimum Gasteiger partial charge on any atom is -0.313 e. The van der Waals surface area contributed by atoms with Crippen LogP contribution >= 0.6 is 23.5 Å². The summed E-state index contributed by atoms with van der Waals surface area (Å²) in [5.74, 6) is 1.34. The van der Waals surface area contributed by atoms with Gasteiger partial charge in [-0.3, -0.25) is 0 Å². The largest absolute Gasteiger partial charge is 0.313 e. The fraction of sp³-hybridized carbons (Fsp3) is 1.00. The molecule has 0 amide bonds. The van der Waals surface area contributed by atoms with Crippen LogP contribution in [0.1, 0.15) is 26.7 Å². The second-order valence-corrected chi connectivity index (χ2v) is 6.52. The second-order valence-electron chi connectivity index (χ2n) is 3.76. The highest BCUT2D eigenvalue weighted by molar-refractivity contribution is 8.00. The van der Waals surface area contributed by atoms with Crippen LogP contribution in [0, 0.1) is 0 Å². The zero-order valence-electron chi connectivity index (χ0n) is 8.88. The van der Waals surface area contributed by atoms with Crippen molar-refractivity contribution in [2.45, 2.75) is 43.2 Å². The molecule has 0 aliphatic carbocycles. The van der Waals surface area contributed by atoms with Gasteiger partial charge in [0.25, 0.3) is 0 Å². The predicted octanol–water partition coefficient (Wildman–Crippen LogP) is 2.61. The third-order valence-corrected chi connectivity index (χ3v) is 5.10. The van der Waals surface area contributed by atoms with Gasteiger partial charge in [0.2, 0.25) is 0 Å². The van der Waals surface area contributed by atoms with Crippen LogP contribution in [0.2, 0.25) is 0 Å². The van der Waals surface area contributed by atoms with Gasteiger partial charge in [-0.15, -0.1) is 0 Å². The molecular formula is C10H21NS2.